The number of benzene rings is 1. The number of hydrogen-bond acceptors (Lipinski definition) is 4. The van der Waals surface area contributed by atoms with E-state index < -0.39 is 5.97 Å². The SMILES string of the molecule is Cc1ccc(N(C)c2ncc(N)cc2C(=O)O)c(C)c1. The van der Waals surface area contributed by atoms with Crippen LogP contribution in [-0.2, 0) is 0 Å². The van der Waals surface area contributed by atoms with Gasteiger partial charge in [-0.3, -0.25) is 0 Å². The Morgan fingerprint density at radius 2 is 2.00 bits per heavy atom. The van der Waals surface area contributed by atoms with Crippen molar-refractivity contribution in [2.75, 3.05) is 17.7 Å². The van der Waals surface area contributed by atoms with Gasteiger partial charge in [0.25, 0.3) is 0 Å². The molecule has 20 heavy (non-hydrogen) atoms. The predicted octanol–water partition coefficient (Wildman–Crippen LogP) is 2.75. The summed E-state index contributed by atoms with van der Waals surface area (Å²) in [6, 6.07) is 7.40. The maximum absolute atomic E-state index is 11.3. The first-order valence-corrected chi connectivity index (χ1v) is 6.20. The summed E-state index contributed by atoms with van der Waals surface area (Å²) < 4.78 is 0. The molecule has 0 fully saturated rings. The van der Waals surface area contributed by atoms with Gasteiger partial charge in [-0.05, 0) is 31.5 Å². The average Bonchev–Trinajstić information content (AvgIpc) is 2.37. The molecular weight excluding hydrogens is 254 g/mol. The van der Waals surface area contributed by atoms with Crippen LogP contribution in [0.3, 0.4) is 0 Å². The fraction of sp³-hybridized carbons (Fsp3) is 0.200. The van der Waals surface area contributed by atoms with Crippen molar-refractivity contribution in [3.63, 3.8) is 0 Å². The number of nitrogens with zero attached hydrogens (tertiary/aromatic N) is 2. The number of carbonyl (C=O) groups is 1. The highest BCUT2D eigenvalue weighted by Gasteiger charge is 2.17. The van der Waals surface area contributed by atoms with Crippen molar-refractivity contribution in [2.45, 2.75) is 13.8 Å². The molecule has 2 aromatic rings. The Balaban J connectivity index is 2.53. The van der Waals surface area contributed by atoms with Crippen molar-refractivity contribution in [3.8, 4) is 0 Å². The van der Waals surface area contributed by atoms with Gasteiger partial charge in [-0.25, -0.2) is 9.78 Å². The first-order chi connectivity index (χ1) is 9.40. The highest BCUT2D eigenvalue weighted by Crippen LogP contribution is 2.29. The molecule has 0 aliphatic rings. The maximum atomic E-state index is 11.3. The van der Waals surface area contributed by atoms with Crippen molar-refractivity contribution in [1.82, 2.24) is 4.98 Å². The molecule has 1 aromatic carbocycles. The molecule has 0 saturated carbocycles. The summed E-state index contributed by atoms with van der Waals surface area (Å²) in [7, 11) is 1.79. The Morgan fingerprint density at radius 3 is 2.60 bits per heavy atom. The van der Waals surface area contributed by atoms with Gasteiger partial charge in [0.05, 0.1) is 11.9 Å². The van der Waals surface area contributed by atoms with E-state index in [1.165, 1.54) is 12.3 Å². The number of nitrogens with two attached hydrogens (primary N) is 1. The van der Waals surface area contributed by atoms with E-state index in [1.807, 2.05) is 32.0 Å². The van der Waals surface area contributed by atoms with Crippen molar-refractivity contribution in [3.05, 3.63) is 47.2 Å². The first kappa shape index (κ1) is 13.9. The lowest BCUT2D eigenvalue weighted by Gasteiger charge is -2.22. The Bertz CT molecular complexity index is 668. The summed E-state index contributed by atoms with van der Waals surface area (Å²) in [5.41, 5.74) is 9.16. The second-order valence-electron chi connectivity index (χ2n) is 4.79. The molecule has 104 valence electrons. The second-order valence-corrected chi connectivity index (χ2v) is 4.79. The average molecular weight is 271 g/mol. The molecule has 1 heterocycles. The lowest BCUT2D eigenvalue weighted by atomic mass is 10.1. The van der Waals surface area contributed by atoms with Gasteiger partial charge in [0.1, 0.15) is 11.4 Å². The first-order valence-electron chi connectivity index (χ1n) is 6.20. The van der Waals surface area contributed by atoms with Crippen LogP contribution in [0.1, 0.15) is 21.5 Å². The van der Waals surface area contributed by atoms with Crippen LogP contribution in [0.2, 0.25) is 0 Å². The van der Waals surface area contributed by atoms with E-state index in [2.05, 4.69) is 4.98 Å². The van der Waals surface area contributed by atoms with Gasteiger partial charge in [0, 0.05) is 12.7 Å². The van der Waals surface area contributed by atoms with Gasteiger partial charge in [0.15, 0.2) is 0 Å². The number of pyridine rings is 1. The lowest BCUT2D eigenvalue weighted by Crippen LogP contribution is -2.17. The van der Waals surface area contributed by atoms with Crippen molar-refractivity contribution < 1.29 is 9.90 Å². The number of aromatic carboxylic acids is 1. The van der Waals surface area contributed by atoms with E-state index in [9.17, 15) is 9.90 Å². The van der Waals surface area contributed by atoms with Crippen molar-refractivity contribution >= 4 is 23.2 Å². The molecular formula is C15H17N3O2. The van der Waals surface area contributed by atoms with E-state index >= 15 is 0 Å². The molecule has 0 spiro atoms. The summed E-state index contributed by atoms with van der Waals surface area (Å²) in [4.78, 5) is 17.2. The van der Waals surface area contributed by atoms with E-state index in [1.54, 1.807) is 11.9 Å². The minimum Gasteiger partial charge on any atom is -0.478 e. The zero-order valence-electron chi connectivity index (χ0n) is 11.7. The van der Waals surface area contributed by atoms with E-state index in [-0.39, 0.29) is 5.56 Å². The predicted molar refractivity (Wildman–Crippen MR) is 79.6 cm³/mol. The standard InChI is InChI=1S/C15H17N3O2/c1-9-4-5-13(10(2)6-9)18(3)14-12(15(19)20)7-11(16)8-17-14/h4-8H,16H2,1-3H3,(H,19,20). The Kier molecular flexibility index (Phi) is 3.61. The van der Waals surface area contributed by atoms with Crippen LogP contribution in [-0.4, -0.2) is 23.1 Å². The van der Waals surface area contributed by atoms with E-state index in [0.717, 1.165) is 16.8 Å². The van der Waals surface area contributed by atoms with E-state index in [4.69, 9.17) is 5.73 Å². The maximum Gasteiger partial charge on any atom is 0.339 e. The fourth-order valence-electron chi connectivity index (χ4n) is 2.19. The summed E-state index contributed by atoms with van der Waals surface area (Å²) in [6.45, 7) is 4.00. The van der Waals surface area contributed by atoms with Gasteiger partial charge in [-0.15, -0.1) is 0 Å². The minimum absolute atomic E-state index is 0.0903. The summed E-state index contributed by atoms with van der Waals surface area (Å²) in [6.07, 6.45) is 1.46. The van der Waals surface area contributed by atoms with Crippen LogP contribution in [0.15, 0.2) is 30.5 Å². The number of nitrogen functional groups attached to an aromatic ring is 1. The van der Waals surface area contributed by atoms with E-state index in [0.29, 0.717) is 11.5 Å². The Morgan fingerprint density at radius 1 is 1.30 bits per heavy atom. The molecule has 3 N–H and O–H groups in total. The molecule has 1 aromatic heterocycles. The topological polar surface area (TPSA) is 79.5 Å². The molecule has 0 saturated heterocycles. The quantitative estimate of drug-likeness (QED) is 0.897. The Labute approximate surface area is 117 Å². The molecule has 0 aliphatic carbocycles. The van der Waals surface area contributed by atoms with Crippen molar-refractivity contribution in [2.24, 2.45) is 0 Å². The third-order valence-corrected chi connectivity index (χ3v) is 3.15. The third-order valence-electron chi connectivity index (χ3n) is 3.15. The zero-order chi connectivity index (χ0) is 14.9. The molecule has 0 atom stereocenters. The van der Waals surface area contributed by atoms with Crippen LogP contribution >= 0.6 is 0 Å². The van der Waals surface area contributed by atoms with Gasteiger partial charge in [0.2, 0.25) is 0 Å². The Hall–Kier alpha value is -2.56. The summed E-state index contributed by atoms with van der Waals surface area (Å²) in [5.74, 6) is -0.671. The smallest absolute Gasteiger partial charge is 0.339 e. The third kappa shape index (κ3) is 2.56. The molecule has 5 nitrogen and oxygen atoms in total. The second kappa shape index (κ2) is 5.21. The van der Waals surface area contributed by atoms with Crippen LogP contribution < -0.4 is 10.6 Å². The zero-order valence-corrected chi connectivity index (χ0v) is 11.7. The number of rotatable bonds is 3. The largest absolute Gasteiger partial charge is 0.478 e. The number of anilines is 3. The number of carboxylic acid groups (broad SMARTS) is 1. The molecule has 0 unspecified atom stereocenters. The normalized spacial score (nSPS) is 10.3. The minimum atomic E-state index is -1.04. The van der Waals surface area contributed by atoms with Gasteiger partial charge < -0.3 is 15.7 Å². The monoisotopic (exact) mass is 271 g/mol. The van der Waals surface area contributed by atoms with Gasteiger partial charge in [-0.1, -0.05) is 17.7 Å². The highest BCUT2D eigenvalue weighted by atomic mass is 16.4. The summed E-state index contributed by atoms with van der Waals surface area (Å²) in [5, 5.41) is 9.28. The van der Waals surface area contributed by atoms with Crippen LogP contribution in [0.5, 0.6) is 0 Å². The van der Waals surface area contributed by atoms with Crippen LogP contribution in [0.4, 0.5) is 17.2 Å². The molecule has 5 heteroatoms. The lowest BCUT2D eigenvalue weighted by molar-refractivity contribution is 0.0697. The number of aromatic nitrogens is 1. The molecule has 2 rings (SSSR count). The number of aryl methyl sites for hydroxylation is 2. The molecule has 0 amide bonds. The molecule has 0 bridgehead atoms. The number of carboxylic acids is 1. The summed E-state index contributed by atoms with van der Waals surface area (Å²) >= 11 is 0. The highest BCUT2D eigenvalue weighted by molar-refractivity contribution is 5.95. The fourth-order valence-corrected chi connectivity index (χ4v) is 2.19. The van der Waals surface area contributed by atoms with Gasteiger partial charge >= 0.3 is 5.97 Å². The van der Waals surface area contributed by atoms with Gasteiger partial charge in [-0.2, -0.15) is 0 Å². The van der Waals surface area contributed by atoms with Crippen molar-refractivity contribution in [1.29, 1.82) is 0 Å². The molecule has 0 radical (unpaired) electrons. The molecule has 0 aliphatic heterocycles. The van der Waals surface area contributed by atoms with Crippen LogP contribution in [0, 0.1) is 13.8 Å². The number of hydrogen-bond donors (Lipinski definition) is 2. The van der Waals surface area contributed by atoms with Crippen LogP contribution in [0.25, 0.3) is 0 Å².